The van der Waals surface area contributed by atoms with E-state index in [-0.39, 0.29) is 6.10 Å². The van der Waals surface area contributed by atoms with Crippen LogP contribution in [0, 0.1) is 6.92 Å². The number of allylic oxidation sites excluding steroid dienone is 1. The summed E-state index contributed by atoms with van der Waals surface area (Å²) in [6.45, 7) is 14.5. The summed E-state index contributed by atoms with van der Waals surface area (Å²) in [5, 5.41) is 0. The van der Waals surface area contributed by atoms with Crippen LogP contribution < -0.4 is 0 Å². The molecule has 24 heavy (non-hydrogen) atoms. The zero-order valence-corrected chi connectivity index (χ0v) is 21.3. The van der Waals surface area contributed by atoms with Gasteiger partial charge in [0.1, 0.15) is 6.79 Å². The maximum atomic E-state index is 5.91. The summed E-state index contributed by atoms with van der Waals surface area (Å²) in [5.41, 5.74) is 0. The summed E-state index contributed by atoms with van der Waals surface area (Å²) in [7, 11) is 3.77. The monoisotopic (exact) mass is 426 g/mol. The molecule has 0 aromatic carbocycles. The van der Waals surface area contributed by atoms with E-state index >= 15 is 0 Å². The van der Waals surface area contributed by atoms with E-state index < -0.39 is 8.07 Å². The second kappa shape index (κ2) is 20.1. The summed E-state index contributed by atoms with van der Waals surface area (Å²) in [6, 6.07) is 1.21. The van der Waals surface area contributed by atoms with Gasteiger partial charge in [0.05, 0.1) is 6.10 Å². The number of rotatable bonds is 15. The van der Waals surface area contributed by atoms with E-state index in [9.17, 15) is 0 Å². The van der Waals surface area contributed by atoms with Crippen molar-refractivity contribution in [3.8, 4) is 0 Å². The average Bonchev–Trinajstić information content (AvgIpc) is 2.55. The molecule has 0 radical (unpaired) electrons. The van der Waals surface area contributed by atoms with Gasteiger partial charge in [0, 0.05) is 14.7 Å². The van der Waals surface area contributed by atoms with Crippen molar-refractivity contribution < 1.29 is 26.8 Å². The number of unbranched alkanes of at least 4 members (excludes halogenated alkanes) is 5. The van der Waals surface area contributed by atoms with Crippen molar-refractivity contribution in [3.05, 3.63) is 19.1 Å². The van der Waals surface area contributed by atoms with Crippen LogP contribution in [0.1, 0.15) is 58.3 Å². The van der Waals surface area contributed by atoms with Crippen LogP contribution in [-0.4, -0.2) is 27.6 Å². The Labute approximate surface area is 166 Å². The molecule has 5 heteroatoms. The van der Waals surface area contributed by atoms with Crippen molar-refractivity contribution in [1.29, 1.82) is 0 Å². The molecule has 0 aromatic rings. The van der Waals surface area contributed by atoms with E-state index in [1.54, 1.807) is 0 Å². The summed E-state index contributed by atoms with van der Waals surface area (Å²) < 4.78 is 11.6. The Hall–Kier alpha value is 0.790. The topological polar surface area (TPSA) is 18.5 Å². The maximum absolute atomic E-state index is 5.91. The Kier molecular flexibility index (Phi) is 22.6. The summed E-state index contributed by atoms with van der Waals surface area (Å²) >= 11 is 0.847. The average molecular weight is 428 g/mol. The van der Waals surface area contributed by atoms with E-state index in [2.05, 4.69) is 45.6 Å². The third kappa shape index (κ3) is 22.8. The van der Waals surface area contributed by atoms with Gasteiger partial charge in [-0.05, 0) is 18.9 Å². The van der Waals surface area contributed by atoms with Crippen LogP contribution in [0.3, 0.4) is 0 Å². The molecule has 0 aliphatic rings. The van der Waals surface area contributed by atoms with Crippen LogP contribution in [0.2, 0.25) is 25.7 Å². The number of hydrogen-bond acceptors (Lipinski definition) is 2. The van der Waals surface area contributed by atoms with Crippen LogP contribution in [0.5, 0.6) is 0 Å². The molecule has 0 rings (SSSR count). The van der Waals surface area contributed by atoms with E-state index in [1.165, 1.54) is 31.7 Å². The number of ether oxygens (including phenoxy) is 2. The predicted octanol–water partition coefficient (Wildman–Crippen LogP) is 6.90. The van der Waals surface area contributed by atoms with Crippen molar-refractivity contribution >= 4 is 17.8 Å². The zero-order chi connectivity index (χ0) is 18.7. The summed E-state index contributed by atoms with van der Waals surface area (Å²) in [6.07, 6.45) is 14.2. The molecule has 0 aromatic heterocycles. The van der Waals surface area contributed by atoms with Crippen molar-refractivity contribution in [1.82, 2.24) is 0 Å². The van der Waals surface area contributed by atoms with Crippen LogP contribution >= 0.6 is 9.69 Å². The Bertz CT molecular complexity index is 271. The molecule has 1 atom stereocenters. The molecule has 0 unspecified atom stereocenters. The van der Waals surface area contributed by atoms with E-state index in [0.717, 1.165) is 49.6 Å². The predicted molar refractivity (Wildman–Crippen MR) is 107 cm³/mol. The fourth-order valence-corrected chi connectivity index (χ4v) is 2.85. The van der Waals surface area contributed by atoms with Crippen LogP contribution in [-0.2, 0) is 26.8 Å². The van der Waals surface area contributed by atoms with Gasteiger partial charge in [-0.3, -0.25) is 0 Å². The first kappa shape index (κ1) is 27.0. The Balaban J connectivity index is 0. The molecule has 0 amide bonds. The van der Waals surface area contributed by atoms with Gasteiger partial charge in [-0.1, -0.05) is 70.8 Å². The first-order valence-electron chi connectivity index (χ1n) is 9.41. The molecule has 0 saturated heterocycles. The van der Waals surface area contributed by atoms with Crippen LogP contribution in [0.4, 0.5) is 0 Å². The first-order chi connectivity index (χ1) is 11.5. The summed E-state index contributed by atoms with van der Waals surface area (Å²) in [5.74, 6) is 0. The normalized spacial score (nSPS) is 13.0. The summed E-state index contributed by atoms with van der Waals surface area (Å²) in [4.78, 5) is 0. The van der Waals surface area contributed by atoms with E-state index in [0.29, 0.717) is 6.79 Å². The molecule has 0 N–H and O–H groups in total. The van der Waals surface area contributed by atoms with Gasteiger partial charge in [-0.15, -0.1) is 0 Å². The molecule has 140 valence electrons. The Morgan fingerprint density at radius 3 is 2.42 bits per heavy atom. The molecule has 0 fully saturated rings. The van der Waals surface area contributed by atoms with Crippen LogP contribution in [0.25, 0.3) is 0 Å². The minimum absolute atomic E-state index is 0.216. The van der Waals surface area contributed by atoms with Gasteiger partial charge in [0.2, 0.25) is 0 Å². The molecule has 0 bridgehead atoms. The standard InChI is InChI=1S/C19H39O2Si.ClH.Zn/c1-6-8-10-12-14-19(15-13-11-9-7-2)21-18-20-16-17-22(3,4)5;;/h12,14,19H,1,6-11,13,15-18H2,2-5H3;1H;/q-1;;+2/p-1/b14-12+;;/t19-;;/m0../s1. The van der Waals surface area contributed by atoms with Gasteiger partial charge < -0.3 is 16.4 Å². The third-order valence-corrected chi connectivity index (χ3v) is 5.38. The molecular formula is C19H39ClO2SiZn. The quantitative estimate of drug-likeness (QED) is 0.0928. The minimum atomic E-state index is -0.995. The molecular weight excluding hydrogens is 389 g/mol. The van der Waals surface area contributed by atoms with Gasteiger partial charge in [-0.2, -0.15) is 6.42 Å². The van der Waals surface area contributed by atoms with Crippen molar-refractivity contribution in [2.24, 2.45) is 0 Å². The molecule has 2 nitrogen and oxygen atoms in total. The second-order valence-electron chi connectivity index (χ2n) is 7.32. The molecule has 0 saturated carbocycles. The van der Waals surface area contributed by atoms with Gasteiger partial charge in [0.25, 0.3) is 0 Å². The first-order valence-corrected chi connectivity index (χ1v) is 17.0. The van der Waals surface area contributed by atoms with Crippen molar-refractivity contribution in [3.63, 3.8) is 0 Å². The zero-order valence-electron chi connectivity index (χ0n) is 16.6. The van der Waals surface area contributed by atoms with Crippen molar-refractivity contribution in [2.75, 3.05) is 13.4 Å². The van der Waals surface area contributed by atoms with E-state index in [1.807, 2.05) is 0 Å². The molecule has 0 aliphatic carbocycles. The van der Waals surface area contributed by atoms with Crippen LogP contribution in [0.15, 0.2) is 12.2 Å². The SMILES string of the molecule is [CH2-]CCC/C=C/[C@@H](CCCCCC)OCOCC[Si](C)(C)C.[Cl][Zn+]. The van der Waals surface area contributed by atoms with Gasteiger partial charge >= 0.3 is 27.0 Å². The Morgan fingerprint density at radius 1 is 1.12 bits per heavy atom. The fourth-order valence-electron chi connectivity index (χ4n) is 2.09. The molecule has 0 aliphatic heterocycles. The van der Waals surface area contributed by atoms with Gasteiger partial charge in [0.15, 0.2) is 0 Å². The van der Waals surface area contributed by atoms with E-state index in [4.69, 9.17) is 19.2 Å². The number of halogens is 1. The van der Waals surface area contributed by atoms with Gasteiger partial charge in [-0.25, -0.2) is 0 Å². The fraction of sp³-hybridized carbons (Fsp3) is 0.842. The number of hydrogen-bond donors (Lipinski definition) is 0. The Morgan fingerprint density at radius 2 is 1.83 bits per heavy atom. The molecule has 0 heterocycles. The second-order valence-corrected chi connectivity index (χ2v) is 12.9. The molecule has 0 spiro atoms. The van der Waals surface area contributed by atoms with Crippen molar-refractivity contribution in [2.45, 2.75) is 90.1 Å². The third-order valence-electron chi connectivity index (χ3n) is 3.68.